The standard InChI is InChI=1S/C12H14N4OS/c1-10(17)7-8-15-12(18)16(14-13-15)9-11-5-3-2-4-6-11/h2-6H,7-9H2,1H3. The molecule has 1 aromatic heterocycles. The molecule has 6 heteroatoms. The number of Topliss-reactive ketones (excluding diaryl/α,β-unsaturated/α-hetero) is 1. The molecule has 5 nitrogen and oxygen atoms in total. The molecular weight excluding hydrogens is 248 g/mol. The number of benzene rings is 1. The van der Waals surface area contributed by atoms with Crippen molar-refractivity contribution in [1.29, 1.82) is 0 Å². The number of rotatable bonds is 5. The van der Waals surface area contributed by atoms with Gasteiger partial charge >= 0.3 is 0 Å². The molecule has 0 radical (unpaired) electrons. The Morgan fingerprint density at radius 2 is 1.89 bits per heavy atom. The van der Waals surface area contributed by atoms with E-state index in [9.17, 15) is 4.79 Å². The molecular formula is C12H14N4OS. The van der Waals surface area contributed by atoms with E-state index in [2.05, 4.69) is 10.4 Å². The fourth-order valence-electron chi connectivity index (χ4n) is 1.57. The number of hydrogen-bond acceptors (Lipinski definition) is 4. The van der Waals surface area contributed by atoms with E-state index < -0.39 is 0 Å². The predicted molar refractivity (Wildman–Crippen MR) is 69.7 cm³/mol. The van der Waals surface area contributed by atoms with Crippen LogP contribution in [0, 0.1) is 4.77 Å². The van der Waals surface area contributed by atoms with E-state index >= 15 is 0 Å². The molecule has 1 aromatic carbocycles. The Labute approximate surface area is 110 Å². The van der Waals surface area contributed by atoms with Gasteiger partial charge in [-0.3, -0.25) is 4.79 Å². The van der Waals surface area contributed by atoms with Crippen LogP contribution in [0.2, 0.25) is 0 Å². The summed E-state index contributed by atoms with van der Waals surface area (Å²) in [6.07, 6.45) is 0.429. The summed E-state index contributed by atoms with van der Waals surface area (Å²) >= 11 is 5.27. The van der Waals surface area contributed by atoms with Crippen molar-refractivity contribution in [2.45, 2.75) is 26.4 Å². The number of carbonyl (C=O) groups excluding carboxylic acids is 1. The third-order valence-electron chi connectivity index (χ3n) is 2.55. The highest BCUT2D eigenvalue weighted by atomic mass is 32.1. The summed E-state index contributed by atoms with van der Waals surface area (Å²) in [6, 6.07) is 9.93. The van der Waals surface area contributed by atoms with Crippen LogP contribution < -0.4 is 0 Å². The van der Waals surface area contributed by atoms with Gasteiger partial charge in [0.05, 0.1) is 13.1 Å². The van der Waals surface area contributed by atoms with E-state index in [1.807, 2.05) is 30.3 Å². The molecule has 0 aliphatic rings. The first-order valence-electron chi connectivity index (χ1n) is 5.71. The van der Waals surface area contributed by atoms with Gasteiger partial charge in [-0.15, -0.1) is 0 Å². The molecule has 0 amide bonds. The van der Waals surface area contributed by atoms with Crippen molar-refractivity contribution < 1.29 is 4.79 Å². The summed E-state index contributed by atoms with van der Waals surface area (Å²) in [5.74, 6) is 0.120. The topological polar surface area (TPSA) is 52.7 Å². The second kappa shape index (κ2) is 5.68. The van der Waals surface area contributed by atoms with E-state index in [-0.39, 0.29) is 5.78 Å². The molecule has 0 bridgehead atoms. The number of hydrogen-bond donors (Lipinski definition) is 0. The molecule has 0 atom stereocenters. The zero-order chi connectivity index (χ0) is 13.0. The van der Waals surface area contributed by atoms with Crippen molar-refractivity contribution in [3.8, 4) is 0 Å². The molecule has 0 saturated carbocycles. The largest absolute Gasteiger partial charge is 0.300 e. The maximum atomic E-state index is 10.9. The molecule has 2 rings (SSSR count). The van der Waals surface area contributed by atoms with Crippen molar-refractivity contribution in [2.24, 2.45) is 0 Å². The Kier molecular flexibility index (Phi) is 3.99. The Bertz CT molecular complexity index is 588. The van der Waals surface area contributed by atoms with Crippen LogP contribution in [0.5, 0.6) is 0 Å². The molecule has 0 aliphatic carbocycles. The van der Waals surface area contributed by atoms with E-state index in [4.69, 9.17) is 12.2 Å². The van der Waals surface area contributed by atoms with Crippen LogP contribution in [0.15, 0.2) is 30.3 Å². The van der Waals surface area contributed by atoms with E-state index in [1.54, 1.807) is 16.3 Å². The number of nitrogens with zero attached hydrogens (tertiary/aromatic N) is 4. The first-order valence-corrected chi connectivity index (χ1v) is 6.11. The summed E-state index contributed by atoms with van der Waals surface area (Å²) < 4.78 is 3.78. The Morgan fingerprint density at radius 1 is 1.22 bits per heavy atom. The highest BCUT2D eigenvalue weighted by Gasteiger charge is 2.04. The normalized spacial score (nSPS) is 10.5. The zero-order valence-electron chi connectivity index (χ0n) is 10.1. The number of tetrazole rings is 1. The van der Waals surface area contributed by atoms with Gasteiger partial charge in [-0.05, 0) is 35.1 Å². The van der Waals surface area contributed by atoms with Crippen LogP contribution in [-0.4, -0.2) is 25.6 Å². The van der Waals surface area contributed by atoms with Gasteiger partial charge < -0.3 is 0 Å². The second-order valence-electron chi connectivity index (χ2n) is 4.08. The Hall–Kier alpha value is -1.82. The maximum Gasteiger partial charge on any atom is 0.216 e. The smallest absolute Gasteiger partial charge is 0.216 e. The molecule has 1 heterocycles. The molecule has 0 spiro atoms. The lowest BCUT2D eigenvalue weighted by molar-refractivity contribution is -0.117. The van der Waals surface area contributed by atoms with Gasteiger partial charge in [0, 0.05) is 6.42 Å². The lowest BCUT2D eigenvalue weighted by Gasteiger charge is -2.00. The van der Waals surface area contributed by atoms with Gasteiger partial charge in [0.2, 0.25) is 4.77 Å². The minimum absolute atomic E-state index is 0.120. The lowest BCUT2D eigenvalue weighted by atomic mass is 10.2. The van der Waals surface area contributed by atoms with E-state index in [0.29, 0.717) is 24.3 Å². The number of carbonyl (C=O) groups is 1. The first-order chi connectivity index (χ1) is 8.66. The third-order valence-corrected chi connectivity index (χ3v) is 2.97. The highest BCUT2D eigenvalue weighted by Crippen LogP contribution is 2.02. The van der Waals surface area contributed by atoms with Crippen LogP contribution in [0.4, 0.5) is 0 Å². The second-order valence-corrected chi connectivity index (χ2v) is 4.45. The number of aryl methyl sites for hydroxylation is 1. The van der Waals surface area contributed by atoms with Crippen LogP contribution >= 0.6 is 12.2 Å². The molecule has 2 aromatic rings. The first kappa shape index (κ1) is 12.6. The van der Waals surface area contributed by atoms with Crippen LogP contribution in [0.3, 0.4) is 0 Å². The van der Waals surface area contributed by atoms with Gasteiger partial charge in [-0.2, -0.15) is 0 Å². The lowest BCUT2D eigenvalue weighted by Crippen LogP contribution is -2.06. The molecule has 0 aliphatic heterocycles. The zero-order valence-corrected chi connectivity index (χ0v) is 10.9. The van der Waals surface area contributed by atoms with Crippen molar-refractivity contribution in [1.82, 2.24) is 19.8 Å². The minimum atomic E-state index is 0.120. The van der Waals surface area contributed by atoms with E-state index in [1.165, 1.54) is 0 Å². The Balaban J connectivity index is 2.11. The summed E-state index contributed by atoms with van der Waals surface area (Å²) in [5.41, 5.74) is 1.12. The van der Waals surface area contributed by atoms with Crippen LogP contribution in [0.1, 0.15) is 18.9 Å². The van der Waals surface area contributed by atoms with E-state index in [0.717, 1.165) is 5.56 Å². The van der Waals surface area contributed by atoms with Gasteiger partial charge in [0.1, 0.15) is 5.78 Å². The molecule has 94 valence electrons. The predicted octanol–water partition coefficient (Wildman–Crippen LogP) is 1.84. The summed E-state index contributed by atoms with van der Waals surface area (Å²) in [4.78, 5) is 10.9. The average Bonchev–Trinajstić information content (AvgIpc) is 2.70. The quantitative estimate of drug-likeness (QED) is 0.771. The van der Waals surface area contributed by atoms with Crippen molar-refractivity contribution in [2.75, 3.05) is 0 Å². The SMILES string of the molecule is CC(=O)CCn1nnn(Cc2ccccc2)c1=S. The molecule has 18 heavy (non-hydrogen) atoms. The fraction of sp³-hybridized carbons (Fsp3) is 0.333. The third kappa shape index (κ3) is 3.10. The van der Waals surface area contributed by atoms with Gasteiger partial charge in [0.15, 0.2) is 0 Å². The number of ketones is 1. The summed E-state index contributed by atoms with van der Waals surface area (Å²) in [6.45, 7) is 2.64. The maximum absolute atomic E-state index is 10.9. The highest BCUT2D eigenvalue weighted by molar-refractivity contribution is 7.71. The van der Waals surface area contributed by atoms with Crippen molar-refractivity contribution in [3.63, 3.8) is 0 Å². The number of aromatic nitrogens is 4. The van der Waals surface area contributed by atoms with Crippen molar-refractivity contribution >= 4 is 18.0 Å². The van der Waals surface area contributed by atoms with Gasteiger partial charge in [-0.25, -0.2) is 9.36 Å². The van der Waals surface area contributed by atoms with Gasteiger partial charge in [-0.1, -0.05) is 30.3 Å². The summed E-state index contributed by atoms with van der Waals surface area (Å²) in [7, 11) is 0. The minimum Gasteiger partial charge on any atom is -0.300 e. The average molecular weight is 262 g/mol. The van der Waals surface area contributed by atoms with Crippen LogP contribution in [-0.2, 0) is 17.9 Å². The molecule has 0 unspecified atom stereocenters. The van der Waals surface area contributed by atoms with Crippen molar-refractivity contribution in [3.05, 3.63) is 40.7 Å². The van der Waals surface area contributed by atoms with Gasteiger partial charge in [0.25, 0.3) is 0 Å². The Morgan fingerprint density at radius 3 is 2.56 bits per heavy atom. The molecule has 0 N–H and O–H groups in total. The van der Waals surface area contributed by atoms with Crippen LogP contribution in [0.25, 0.3) is 0 Å². The molecule has 0 fully saturated rings. The monoisotopic (exact) mass is 262 g/mol. The molecule has 0 saturated heterocycles. The fourth-order valence-corrected chi connectivity index (χ4v) is 1.79. The summed E-state index contributed by atoms with van der Waals surface area (Å²) in [5, 5.41) is 7.96.